The van der Waals surface area contributed by atoms with Crippen molar-refractivity contribution in [2.24, 2.45) is 0 Å². The van der Waals surface area contributed by atoms with Gasteiger partial charge in [0.2, 0.25) is 0 Å². The van der Waals surface area contributed by atoms with E-state index >= 15 is 0 Å². The molecule has 0 saturated heterocycles. The number of fused-ring (bicyclic) bond motifs is 1. The Hall–Kier alpha value is -2.96. The van der Waals surface area contributed by atoms with Crippen molar-refractivity contribution in [2.45, 2.75) is 6.42 Å². The molecule has 3 aromatic rings. The Morgan fingerprint density at radius 3 is 2.62 bits per heavy atom. The SMILES string of the molecule is COCCCNC(=O)COC(=O)c1cc(-c2ccc(Cl)cc2)nc2ccccc12. The van der Waals surface area contributed by atoms with Gasteiger partial charge >= 0.3 is 5.97 Å². The number of amides is 1. The number of carbonyl (C=O) groups excluding carboxylic acids is 2. The molecule has 0 radical (unpaired) electrons. The van der Waals surface area contributed by atoms with Crippen LogP contribution in [0.2, 0.25) is 5.02 Å². The lowest BCUT2D eigenvalue weighted by Crippen LogP contribution is -2.30. The largest absolute Gasteiger partial charge is 0.452 e. The van der Waals surface area contributed by atoms with Crippen LogP contribution in [0.1, 0.15) is 16.8 Å². The molecule has 0 bridgehead atoms. The first-order valence-corrected chi connectivity index (χ1v) is 9.55. The minimum absolute atomic E-state index is 0.348. The lowest BCUT2D eigenvalue weighted by Gasteiger charge is -2.10. The number of nitrogens with one attached hydrogen (secondary N) is 1. The molecule has 7 heteroatoms. The molecule has 1 amide bonds. The van der Waals surface area contributed by atoms with Crippen LogP contribution >= 0.6 is 11.6 Å². The van der Waals surface area contributed by atoms with E-state index < -0.39 is 5.97 Å². The summed E-state index contributed by atoms with van der Waals surface area (Å²) >= 11 is 5.96. The van der Waals surface area contributed by atoms with E-state index in [4.69, 9.17) is 21.1 Å². The Morgan fingerprint density at radius 2 is 1.86 bits per heavy atom. The van der Waals surface area contributed by atoms with Gasteiger partial charge in [-0.2, -0.15) is 0 Å². The van der Waals surface area contributed by atoms with E-state index in [2.05, 4.69) is 10.3 Å². The Kier molecular flexibility index (Phi) is 7.16. The van der Waals surface area contributed by atoms with Crippen LogP contribution in [0.15, 0.2) is 54.6 Å². The van der Waals surface area contributed by atoms with Crippen LogP contribution < -0.4 is 5.32 Å². The van der Waals surface area contributed by atoms with Gasteiger partial charge in [-0.05, 0) is 30.7 Å². The highest BCUT2D eigenvalue weighted by molar-refractivity contribution is 6.30. The van der Waals surface area contributed by atoms with Crippen LogP contribution in [0, 0.1) is 0 Å². The molecule has 6 nitrogen and oxygen atoms in total. The summed E-state index contributed by atoms with van der Waals surface area (Å²) in [6.07, 6.45) is 0.690. The molecule has 150 valence electrons. The second-order valence-corrected chi connectivity index (χ2v) is 6.79. The van der Waals surface area contributed by atoms with Gasteiger partial charge in [-0.15, -0.1) is 0 Å². The highest BCUT2D eigenvalue weighted by atomic mass is 35.5. The lowest BCUT2D eigenvalue weighted by atomic mass is 10.0. The third kappa shape index (κ3) is 5.53. The molecule has 0 unspecified atom stereocenters. The van der Waals surface area contributed by atoms with Gasteiger partial charge in [0.15, 0.2) is 6.61 Å². The number of hydrogen-bond donors (Lipinski definition) is 1. The third-order valence-electron chi connectivity index (χ3n) is 4.26. The van der Waals surface area contributed by atoms with Crippen LogP contribution in [0.3, 0.4) is 0 Å². The van der Waals surface area contributed by atoms with E-state index in [1.165, 1.54) is 0 Å². The van der Waals surface area contributed by atoms with Crippen LogP contribution in [0.25, 0.3) is 22.2 Å². The van der Waals surface area contributed by atoms with Crippen molar-refractivity contribution < 1.29 is 19.1 Å². The number of carbonyl (C=O) groups is 2. The normalized spacial score (nSPS) is 10.7. The Bertz CT molecular complexity index is 1010. The van der Waals surface area contributed by atoms with Crippen molar-refractivity contribution in [1.29, 1.82) is 0 Å². The van der Waals surface area contributed by atoms with Crippen molar-refractivity contribution in [3.05, 3.63) is 65.2 Å². The molecule has 0 aliphatic carbocycles. The van der Waals surface area contributed by atoms with E-state index in [0.717, 1.165) is 5.56 Å². The number of ether oxygens (including phenoxy) is 2. The van der Waals surface area contributed by atoms with Crippen molar-refractivity contribution in [3.63, 3.8) is 0 Å². The van der Waals surface area contributed by atoms with Crippen molar-refractivity contribution in [1.82, 2.24) is 10.3 Å². The summed E-state index contributed by atoms with van der Waals surface area (Å²) < 4.78 is 10.2. The number of benzene rings is 2. The van der Waals surface area contributed by atoms with Crippen LogP contribution in [0.4, 0.5) is 0 Å². The zero-order valence-electron chi connectivity index (χ0n) is 16.0. The fraction of sp³-hybridized carbons (Fsp3) is 0.227. The number of hydrogen-bond acceptors (Lipinski definition) is 5. The fourth-order valence-corrected chi connectivity index (χ4v) is 2.94. The van der Waals surface area contributed by atoms with E-state index in [0.29, 0.717) is 46.8 Å². The average Bonchev–Trinajstić information content (AvgIpc) is 2.75. The molecule has 0 spiro atoms. The summed E-state index contributed by atoms with van der Waals surface area (Å²) in [5.74, 6) is -0.934. The zero-order valence-corrected chi connectivity index (χ0v) is 16.7. The Balaban J connectivity index is 1.79. The minimum atomic E-state index is -0.578. The quantitative estimate of drug-likeness (QED) is 0.449. The number of esters is 1. The number of pyridine rings is 1. The molecule has 2 aromatic carbocycles. The highest BCUT2D eigenvalue weighted by Gasteiger charge is 2.16. The van der Waals surface area contributed by atoms with Gasteiger partial charge in [0, 0.05) is 36.2 Å². The lowest BCUT2D eigenvalue weighted by molar-refractivity contribution is -0.124. The van der Waals surface area contributed by atoms with Gasteiger partial charge in [0.05, 0.1) is 16.8 Å². The fourth-order valence-electron chi connectivity index (χ4n) is 2.82. The third-order valence-corrected chi connectivity index (χ3v) is 4.51. The summed E-state index contributed by atoms with van der Waals surface area (Å²) in [4.78, 5) is 29.2. The van der Waals surface area contributed by atoms with E-state index in [9.17, 15) is 9.59 Å². The van der Waals surface area contributed by atoms with Crippen LogP contribution in [-0.4, -0.2) is 43.7 Å². The van der Waals surface area contributed by atoms with E-state index in [1.54, 1.807) is 31.4 Å². The topological polar surface area (TPSA) is 77.5 Å². The van der Waals surface area contributed by atoms with Gasteiger partial charge in [0.1, 0.15) is 0 Å². The molecule has 0 fully saturated rings. The van der Waals surface area contributed by atoms with E-state index in [-0.39, 0.29) is 12.5 Å². The predicted octanol–water partition coefficient (Wildman–Crippen LogP) is 3.86. The summed E-state index contributed by atoms with van der Waals surface area (Å²) in [5, 5.41) is 3.96. The predicted molar refractivity (Wildman–Crippen MR) is 112 cm³/mol. The first-order valence-electron chi connectivity index (χ1n) is 9.17. The van der Waals surface area contributed by atoms with Gasteiger partial charge in [0.25, 0.3) is 5.91 Å². The number of rotatable bonds is 8. The maximum atomic E-state index is 12.7. The number of nitrogens with zero attached hydrogens (tertiary/aromatic N) is 1. The highest BCUT2D eigenvalue weighted by Crippen LogP contribution is 2.26. The molecule has 0 atom stereocenters. The van der Waals surface area contributed by atoms with Gasteiger partial charge in [-0.3, -0.25) is 4.79 Å². The maximum absolute atomic E-state index is 12.7. The van der Waals surface area contributed by atoms with Crippen molar-refractivity contribution >= 4 is 34.4 Å². The molecule has 1 aromatic heterocycles. The number of para-hydroxylation sites is 1. The second-order valence-electron chi connectivity index (χ2n) is 6.35. The molecule has 1 N–H and O–H groups in total. The molecule has 0 aliphatic heterocycles. The minimum Gasteiger partial charge on any atom is -0.452 e. The number of aromatic nitrogens is 1. The first kappa shape index (κ1) is 20.8. The van der Waals surface area contributed by atoms with Gasteiger partial charge in [-0.1, -0.05) is 41.9 Å². The summed E-state index contributed by atoms with van der Waals surface area (Å²) in [7, 11) is 1.60. The Morgan fingerprint density at radius 1 is 1.10 bits per heavy atom. The molecule has 0 saturated carbocycles. The smallest absolute Gasteiger partial charge is 0.339 e. The first-order chi connectivity index (χ1) is 14.1. The maximum Gasteiger partial charge on any atom is 0.339 e. The average molecular weight is 413 g/mol. The monoisotopic (exact) mass is 412 g/mol. The second kappa shape index (κ2) is 10.0. The summed E-state index contributed by atoms with van der Waals surface area (Å²) in [5.41, 5.74) is 2.46. The molecule has 29 heavy (non-hydrogen) atoms. The summed E-state index contributed by atoms with van der Waals surface area (Å²) in [6.45, 7) is 0.665. The number of halogens is 1. The van der Waals surface area contributed by atoms with Crippen LogP contribution in [0.5, 0.6) is 0 Å². The Labute approximate surface area is 173 Å². The number of methoxy groups -OCH3 is 1. The van der Waals surface area contributed by atoms with Crippen LogP contribution in [-0.2, 0) is 14.3 Å². The molecular formula is C22H21ClN2O4. The molecule has 0 aliphatic rings. The molecular weight excluding hydrogens is 392 g/mol. The standard InChI is InChI=1S/C22H21ClN2O4/c1-28-12-4-11-24-21(26)14-29-22(27)18-13-20(15-7-9-16(23)10-8-15)25-19-6-3-2-5-17(18)19/h2-3,5-10,13H,4,11-12,14H2,1H3,(H,24,26). The molecule has 1 heterocycles. The van der Waals surface area contributed by atoms with Crippen molar-refractivity contribution in [2.75, 3.05) is 26.9 Å². The zero-order chi connectivity index (χ0) is 20.6. The van der Waals surface area contributed by atoms with Gasteiger partial charge < -0.3 is 14.8 Å². The van der Waals surface area contributed by atoms with E-state index in [1.807, 2.05) is 30.3 Å². The van der Waals surface area contributed by atoms with Gasteiger partial charge in [-0.25, -0.2) is 9.78 Å². The summed E-state index contributed by atoms with van der Waals surface area (Å²) in [6, 6.07) is 16.2. The molecule has 3 rings (SSSR count). The van der Waals surface area contributed by atoms with Crippen molar-refractivity contribution in [3.8, 4) is 11.3 Å².